The molecule has 7 heteroatoms. The largest absolute Gasteiger partial charge is 0.336 e. The molecular weight excluding hydrogens is 330 g/mol. The topological polar surface area (TPSA) is 71.3 Å². The minimum atomic E-state index is 0.00903. The molecule has 26 heavy (non-hydrogen) atoms. The Labute approximate surface area is 152 Å². The number of aryl methyl sites for hydroxylation is 1. The van der Waals surface area contributed by atoms with Crippen LogP contribution in [0.15, 0.2) is 36.9 Å². The highest BCUT2D eigenvalue weighted by atomic mass is 16.2. The van der Waals surface area contributed by atoms with Crippen LogP contribution in [0.3, 0.4) is 0 Å². The predicted octanol–water partition coefficient (Wildman–Crippen LogP) is 1.35. The van der Waals surface area contributed by atoms with E-state index >= 15 is 0 Å². The lowest BCUT2D eigenvalue weighted by molar-refractivity contribution is -0.136. The zero-order chi connectivity index (χ0) is 18.1. The van der Waals surface area contributed by atoms with Crippen molar-refractivity contribution in [1.82, 2.24) is 24.3 Å². The van der Waals surface area contributed by atoms with E-state index in [0.717, 1.165) is 25.2 Å². The second-order valence-corrected chi connectivity index (χ2v) is 7.20. The fraction of sp³-hybridized carbons (Fsp3) is 0.474. The van der Waals surface area contributed by atoms with Crippen LogP contribution in [-0.4, -0.2) is 61.8 Å². The summed E-state index contributed by atoms with van der Waals surface area (Å²) in [6.45, 7) is 4.24. The molecule has 2 amide bonds. The van der Waals surface area contributed by atoms with Crippen LogP contribution in [0.25, 0.3) is 0 Å². The highest BCUT2D eigenvalue weighted by molar-refractivity contribution is 5.94. The summed E-state index contributed by atoms with van der Waals surface area (Å²) >= 11 is 0. The molecule has 2 aromatic heterocycles. The van der Waals surface area contributed by atoms with Crippen molar-refractivity contribution in [3.05, 3.63) is 48.3 Å². The van der Waals surface area contributed by atoms with Crippen LogP contribution in [-0.2, 0) is 11.3 Å². The molecule has 0 radical (unpaired) electrons. The first kappa shape index (κ1) is 16.8. The van der Waals surface area contributed by atoms with Gasteiger partial charge in [-0.05, 0) is 37.8 Å². The van der Waals surface area contributed by atoms with Gasteiger partial charge in [0.05, 0.1) is 5.56 Å². The lowest BCUT2D eigenvalue weighted by Gasteiger charge is -2.36. The number of aromatic nitrogens is 3. The van der Waals surface area contributed by atoms with Crippen molar-refractivity contribution in [2.24, 2.45) is 5.92 Å². The molecule has 0 aromatic carbocycles. The molecule has 3 aliphatic heterocycles. The summed E-state index contributed by atoms with van der Waals surface area (Å²) in [5.41, 5.74) is 0.612. The van der Waals surface area contributed by atoms with Gasteiger partial charge in [0, 0.05) is 50.5 Å². The number of imidazole rings is 1. The third kappa shape index (κ3) is 3.21. The zero-order valence-electron chi connectivity index (χ0n) is 14.9. The summed E-state index contributed by atoms with van der Waals surface area (Å²) in [5, 5.41) is 0. The molecule has 0 aliphatic carbocycles. The summed E-state index contributed by atoms with van der Waals surface area (Å²) in [5.74, 6) is 1.29. The lowest BCUT2D eigenvalue weighted by atomic mass is 9.95. The van der Waals surface area contributed by atoms with E-state index < -0.39 is 0 Å². The van der Waals surface area contributed by atoms with E-state index in [-0.39, 0.29) is 17.9 Å². The normalized spacial score (nSPS) is 22.3. The standard InChI is InChI=1S/C19H23N5O2/c1-14-21-7-8-22(14)13-18(25)24-11-15-4-5-17(24)12-23(10-15)19(26)16-3-2-6-20-9-16/h2-3,6-9,15,17H,4-5,10-13H2,1H3/t15-,17+/m0/s1. The van der Waals surface area contributed by atoms with Crippen LogP contribution in [0, 0.1) is 12.8 Å². The minimum absolute atomic E-state index is 0.00903. The SMILES string of the molecule is Cc1nccn1CC(=O)N1C[C@H]2CC[C@@H]1CN(C(=O)c1cccnc1)C2. The van der Waals surface area contributed by atoms with Crippen molar-refractivity contribution in [2.45, 2.75) is 32.4 Å². The first-order valence-corrected chi connectivity index (χ1v) is 9.08. The number of fused-ring (bicyclic) bond motifs is 4. The van der Waals surface area contributed by atoms with Crippen molar-refractivity contribution in [2.75, 3.05) is 19.6 Å². The molecule has 3 aliphatic rings. The third-order valence-corrected chi connectivity index (χ3v) is 5.46. The number of carbonyl (C=O) groups excluding carboxylic acids is 2. The average Bonchev–Trinajstić information content (AvgIpc) is 2.87. The number of pyridine rings is 1. The molecule has 5 heterocycles. The maximum absolute atomic E-state index is 12.9. The van der Waals surface area contributed by atoms with E-state index in [1.165, 1.54) is 0 Å². The Morgan fingerprint density at radius 2 is 2.08 bits per heavy atom. The summed E-state index contributed by atoms with van der Waals surface area (Å²) in [7, 11) is 0. The maximum atomic E-state index is 12.9. The van der Waals surface area contributed by atoms with Gasteiger partial charge < -0.3 is 14.4 Å². The van der Waals surface area contributed by atoms with Gasteiger partial charge in [-0.3, -0.25) is 14.6 Å². The van der Waals surface area contributed by atoms with Crippen molar-refractivity contribution >= 4 is 11.8 Å². The van der Waals surface area contributed by atoms with Crippen LogP contribution < -0.4 is 0 Å². The van der Waals surface area contributed by atoms with Crippen molar-refractivity contribution in [1.29, 1.82) is 0 Å². The molecule has 2 aromatic rings. The molecule has 0 unspecified atom stereocenters. The van der Waals surface area contributed by atoms with E-state index in [9.17, 15) is 9.59 Å². The predicted molar refractivity (Wildman–Crippen MR) is 95.3 cm³/mol. The first-order chi connectivity index (χ1) is 12.6. The summed E-state index contributed by atoms with van der Waals surface area (Å²) in [6, 6.07) is 3.67. The number of hydrogen-bond acceptors (Lipinski definition) is 4. The van der Waals surface area contributed by atoms with E-state index in [2.05, 4.69) is 9.97 Å². The van der Waals surface area contributed by atoms with Crippen molar-refractivity contribution in [3.63, 3.8) is 0 Å². The first-order valence-electron chi connectivity index (χ1n) is 9.08. The third-order valence-electron chi connectivity index (χ3n) is 5.46. The van der Waals surface area contributed by atoms with Gasteiger partial charge in [0.25, 0.3) is 5.91 Å². The molecule has 0 spiro atoms. The number of hydrogen-bond donors (Lipinski definition) is 0. The monoisotopic (exact) mass is 353 g/mol. The smallest absolute Gasteiger partial charge is 0.255 e. The minimum Gasteiger partial charge on any atom is -0.336 e. The fourth-order valence-electron chi connectivity index (χ4n) is 4.03. The van der Waals surface area contributed by atoms with E-state index in [0.29, 0.717) is 31.1 Å². The molecule has 0 N–H and O–H groups in total. The molecule has 3 saturated heterocycles. The molecule has 7 nitrogen and oxygen atoms in total. The quantitative estimate of drug-likeness (QED) is 0.835. The van der Waals surface area contributed by atoms with Crippen molar-refractivity contribution in [3.8, 4) is 0 Å². The van der Waals surface area contributed by atoms with Crippen LogP contribution in [0.1, 0.15) is 29.0 Å². The molecule has 2 bridgehead atoms. The van der Waals surface area contributed by atoms with Gasteiger partial charge in [-0.25, -0.2) is 4.98 Å². The van der Waals surface area contributed by atoms with Gasteiger partial charge in [0.15, 0.2) is 0 Å². The van der Waals surface area contributed by atoms with Gasteiger partial charge in [0.1, 0.15) is 12.4 Å². The fourth-order valence-corrected chi connectivity index (χ4v) is 4.03. The molecule has 5 rings (SSSR count). The second kappa shape index (κ2) is 6.90. The van der Waals surface area contributed by atoms with E-state index in [4.69, 9.17) is 0 Å². The Balaban J connectivity index is 1.49. The number of carbonyl (C=O) groups is 2. The van der Waals surface area contributed by atoms with Gasteiger partial charge in [0.2, 0.25) is 5.91 Å². The average molecular weight is 353 g/mol. The molecule has 136 valence electrons. The van der Waals surface area contributed by atoms with Gasteiger partial charge in [-0.2, -0.15) is 0 Å². The highest BCUT2D eigenvalue weighted by Crippen LogP contribution is 2.29. The van der Waals surface area contributed by atoms with Crippen LogP contribution in [0.4, 0.5) is 0 Å². The Bertz CT molecular complexity index is 803. The Morgan fingerprint density at radius 3 is 2.81 bits per heavy atom. The Kier molecular flexibility index (Phi) is 4.44. The van der Waals surface area contributed by atoms with Gasteiger partial charge in [-0.15, -0.1) is 0 Å². The maximum Gasteiger partial charge on any atom is 0.255 e. The van der Waals surface area contributed by atoms with Crippen LogP contribution in [0.2, 0.25) is 0 Å². The van der Waals surface area contributed by atoms with Crippen LogP contribution in [0.5, 0.6) is 0 Å². The molecule has 0 saturated carbocycles. The zero-order valence-corrected chi connectivity index (χ0v) is 14.9. The number of rotatable bonds is 3. The Morgan fingerprint density at radius 1 is 1.19 bits per heavy atom. The van der Waals surface area contributed by atoms with Crippen molar-refractivity contribution < 1.29 is 9.59 Å². The number of piperidine rings is 1. The molecular formula is C19H23N5O2. The lowest BCUT2D eigenvalue weighted by Crippen LogP contribution is -2.48. The van der Waals surface area contributed by atoms with E-state index in [1.54, 1.807) is 30.7 Å². The molecule has 2 atom stereocenters. The van der Waals surface area contributed by atoms with Gasteiger partial charge in [-0.1, -0.05) is 0 Å². The number of nitrogens with zero attached hydrogens (tertiary/aromatic N) is 5. The Hall–Kier alpha value is -2.70. The van der Waals surface area contributed by atoms with Gasteiger partial charge >= 0.3 is 0 Å². The molecule has 3 fully saturated rings. The number of amides is 2. The summed E-state index contributed by atoms with van der Waals surface area (Å²) < 4.78 is 1.87. The second-order valence-electron chi connectivity index (χ2n) is 7.20. The van der Waals surface area contributed by atoms with Crippen LogP contribution >= 0.6 is 0 Å². The highest BCUT2D eigenvalue weighted by Gasteiger charge is 2.38. The van der Waals surface area contributed by atoms with E-state index in [1.807, 2.05) is 27.5 Å². The summed E-state index contributed by atoms with van der Waals surface area (Å²) in [6.07, 6.45) is 8.85. The summed E-state index contributed by atoms with van der Waals surface area (Å²) in [4.78, 5) is 37.8.